The molecular weight excluding hydrogens is 457 g/mol. The number of guanidine groups is 1. The Labute approximate surface area is 194 Å². The summed E-state index contributed by atoms with van der Waals surface area (Å²) in [6.45, 7) is 1.10. The van der Waals surface area contributed by atoms with Crippen LogP contribution in [-0.4, -0.2) is 48.5 Å². The quantitative estimate of drug-likeness (QED) is 0.396. The van der Waals surface area contributed by atoms with Gasteiger partial charge in [-0.05, 0) is 42.0 Å². The number of anilines is 1. The number of benzene rings is 2. The Morgan fingerprint density at radius 3 is 2.53 bits per heavy atom. The van der Waals surface area contributed by atoms with Crippen LogP contribution in [0.2, 0.25) is 10.0 Å². The summed E-state index contributed by atoms with van der Waals surface area (Å²) in [6.07, 6.45) is -0.373. The lowest BCUT2D eigenvalue weighted by atomic mass is 10.0. The van der Waals surface area contributed by atoms with E-state index in [9.17, 15) is 19.5 Å². The van der Waals surface area contributed by atoms with Crippen molar-refractivity contribution >= 4 is 52.6 Å². The van der Waals surface area contributed by atoms with E-state index >= 15 is 0 Å². The summed E-state index contributed by atoms with van der Waals surface area (Å²) in [5, 5.41) is 21.1. The summed E-state index contributed by atoms with van der Waals surface area (Å²) in [4.78, 5) is 40.3. The molecule has 0 saturated carbocycles. The Hall–Kier alpha value is -3.30. The van der Waals surface area contributed by atoms with Gasteiger partial charge in [-0.25, -0.2) is 0 Å². The van der Waals surface area contributed by atoms with Crippen LogP contribution < -0.4 is 21.3 Å². The number of aliphatic carboxylic acids is 1. The number of carbonyl (C=O) groups is 3. The van der Waals surface area contributed by atoms with E-state index in [4.69, 9.17) is 23.2 Å². The second-order valence-corrected chi connectivity index (χ2v) is 7.84. The second kappa shape index (κ2) is 10.8. The van der Waals surface area contributed by atoms with Gasteiger partial charge in [-0.15, -0.1) is 0 Å². The van der Waals surface area contributed by atoms with Gasteiger partial charge in [-0.2, -0.15) is 0 Å². The van der Waals surface area contributed by atoms with Gasteiger partial charge in [0.2, 0.25) is 5.91 Å². The summed E-state index contributed by atoms with van der Waals surface area (Å²) in [5.41, 5.74) is 1.48. The number of hydrogen-bond donors (Lipinski definition) is 5. The number of rotatable bonds is 8. The van der Waals surface area contributed by atoms with Crippen molar-refractivity contribution in [3.05, 3.63) is 63.6 Å². The number of carboxylic acid groups (broad SMARTS) is 1. The molecule has 1 aliphatic heterocycles. The van der Waals surface area contributed by atoms with Crippen LogP contribution in [-0.2, 0) is 9.59 Å². The number of carbonyl (C=O) groups excluding carboxylic acids is 2. The van der Waals surface area contributed by atoms with E-state index < -0.39 is 23.8 Å². The van der Waals surface area contributed by atoms with Gasteiger partial charge in [-0.1, -0.05) is 29.3 Å². The number of aliphatic imine (C=N–C) groups is 1. The van der Waals surface area contributed by atoms with Crippen molar-refractivity contribution in [1.82, 2.24) is 16.0 Å². The van der Waals surface area contributed by atoms with E-state index in [1.54, 1.807) is 24.3 Å². The van der Waals surface area contributed by atoms with E-state index in [0.29, 0.717) is 39.4 Å². The molecule has 0 radical (unpaired) electrons. The standard InChI is InChI=1S/C21H21Cl2N5O4/c22-14-6-13(7-15(23)9-14)17(10-19(30)31)28-18(29)11-26-20(32)12-2-1-3-16(8-12)27-21-24-4-5-25-21/h1-3,6-9,17H,4-5,10-11H2,(H,26,32)(H,28,29)(H,30,31)(H2,24,25,27). The number of nitrogens with zero attached hydrogens (tertiary/aromatic N) is 1. The number of halogens is 2. The maximum atomic E-state index is 12.5. The largest absolute Gasteiger partial charge is 0.481 e. The molecule has 11 heteroatoms. The van der Waals surface area contributed by atoms with Gasteiger partial charge in [0.1, 0.15) is 0 Å². The molecule has 1 aliphatic rings. The highest BCUT2D eigenvalue weighted by molar-refractivity contribution is 6.34. The fraction of sp³-hybridized carbons (Fsp3) is 0.238. The Morgan fingerprint density at radius 1 is 1.12 bits per heavy atom. The molecule has 1 atom stereocenters. The first-order valence-electron chi connectivity index (χ1n) is 9.71. The Balaban J connectivity index is 1.59. The van der Waals surface area contributed by atoms with Crippen LogP contribution >= 0.6 is 23.2 Å². The zero-order chi connectivity index (χ0) is 23.1. The SMILES string of the molecule is O=C(O)CC(NC(=O)CNC(=O)c1cccc(NC2=NCCN2)c1)c1cc(Cl)cc(Cl)c1. The molecule has 168 valence electrons. The van der Waals surface area contributed by atoms with Gasteiger partial charge < -0.3 is 26.4 Å². The van der Waals surface area contributed by atoms with Crippen LogP contribution in [0.25, 0.3) is 0 Å². The summed E-state index contributed by atoms with van der Waals surface area (Å²) in [6, 6.07) is 10.5. The van der Waals surface area contributed by atoms with Crippen molar-refractivity contribution in [3.63, 3.8) is 0 Å². The highest BCUT2D eigenvalue weighted by Gasteiger charge is 2.20. The average molecular weight is 478 g/mol. The van der Waals surface area contributed by atoms with Gasteiger partial charge in [0.05, 0.1) is 25.6 Å². The first-order valence-corrected chi connectivity index (χ1v) is 10.5. The predicted molar refractivity (Wildman–Crippen MR) is 122 cm³/mol. The lowest BCUT2D eigenvalue weighted by Gasteiger charge is -2.18. The van der Waals surface area contributed by atoms with Crippen LogP contribution in [0.1, 0.15) is 28.4 Å². The molecule has 3 rings (SSSR count). The van der Waals surface area contributed by atoms with Crippen LogP contribution in [0.5, 0.6) is 0 Å². The topological polar surface area (TPSA) is 132 Å². The summed E-state index contributed by atoms with van der Waals surface area (Å²) in [5.74, 6) is -1.49. The minimum absolute atomic E-state index is 0.317. The average Bonchev–Trinajstić information content (AvgIpc) is 3.23. The minimum atomic E-state index is -1.11. The van der Waals surface area contributed by atoms with Gasteiger partial charge in [0.25, 0.3) is 5.91 Å². The molecule has 2 aromatic carbocycles. The number of amides is 2. The number of hydrogen-bond acceptors (Lipinski definition) is 6. The first kappa shape index (κ1) is 23.4. The third-order valence-electron chi connectivity index (χ3n) is 4.47. The molecule has 9 nitrogen and oxygen atoms in total. The predicted octanol–water partition coefficient (Wildman–Crippen LogP) is 2.43. The Kier molecular flexibility index (Phi) is 7.91. The van der Waals surface area contributed by atoms with Crippen LogP contribution in [0.3, 0.4) is 0 Å². The number of nitrogens with one attached hydrogen (secondary N) is 4. The highest BCUT2D eigenvalue weighted by Crippen LogP contribution is 2.25. The molecular formula is C21H21Cl2N5O4. The van der Waals surface area contributed by atoms with Crippen molar-refractivity contribution in [3.8, 4) is 0 Å². The van der Waals surface area contributed by atoms with Gasteiger partial charge in [0, 0.05) is 27.8 Å². The molecule has 5 N–H and O–H groups in total. The van der Waals surface area contributed by atoms with E-state index in [1.807, 2.05) is 0 Å². The summed E-state index contributed by atoms with van der Waals surface area (Å²) < 4.78 is 0. The summed E-state index contributed by atoms with van der Waals surface area (Å²) >= 11 is 12.0. The normalized spacial score (nSPS) is 13.5. The van der Waals surface area contributed by atoms with E-state index in [2.05, 4.69) is 26.3 Å². The van der Waals surface area contributed by atoms with Crippen molar-refractivity contribution in [2.75, 3.05) is 25.0 Å². The maximum Gasteiger partial charge on any atom is 0.305 e. The molecule has 0 fully saturated rings. The summed E-state index contributed by atoms with van der Waals surface area (Å²) in [7, 11) is 0. The van der Waals surface area contributed by atoms with Gasteiger partial charge in [0.15, 0.2) is 5.96 Å². The molecule has 2 amide bonds. The van der Waals surface area contributed by atoms with Crippen LogP contribution in [0.15, 0.2) is 47.5 Å². The zero-order valence-corrected chi connectivity index (χ0v) is 18.3. The van der Waals surface area contributed by atoms with Crippen molar-refractivity contribution in [1.29, 1.82) is 0 Å². The molecule has 32 heavy (non-hydrogen) atoms. The van der Waals surface area contributed by atoms with Crippen molar-refractivity contribution < 1.29 is 19.5 Å². The smallest absolute Gasteiger partial charge is 0.305 e. The third-order valence-corrected chi connectivity index (χ3v) is 4.91. The molecule has 0 spiro atoms. The van der Waals surface area contributed by atoms with E-state index in [0.717, 1.165) is 6.54 Å². The van der Waals surface area contributed by atoms with Crippen molar-refractivity contribution in [2.45, 2.75) is 12.5 Å². The minimum Gasteiger partial charge on any atom is -0.481 e. The van der Waals surface area contributed by atoms with Gasteiger partial charge in [-0.3, -0.25) is 19.4 Å². The molecule has 0 saturated heterocycles. The highest BCUT2D eigenvalue weighted by atomic mass is 35.5. The van der Waals surface area contributed by atoms with Gasteiger partial charge >= 0.3 is 5.97 Å². The molecule has 0 aliphatic carbocycles. The third kappa shape index (κ3) is 6.86. The van der Waals surface area contributed by atoms with Crippen LogP contribution in [0, 0.1) is 0 Å². The molecule has 1 heterocycles. The molecule has 1 unspecified atom stereocenters. The first-order chi connectivity index (χ1) is 15.3. The van der Waals surface area contributed by atoms with E-state index in [1.165, 1.54) is 18.2 Å². The zero-order valence-electron chi connectivity index (χ0n) is 16.8. The fourth-order valence-electron chi connectivity index (χ4n) is 3.07. The Bertz CT molecular complexity index is 1040. The molecule has 2 aromatic rings. The second-order valence-electron chi connectivity index (χ2n) is 6.97. The maximum absolute atomic E-state index is 12.5. The van der Waals surface area contributed by atoms with Crippen molar-refractivity contribution in [2.24, 2.45) is 4.99 Å². The lowest BCUT2D eigenvalue weighted by Crippen LogP contribution is -2.39. The monoisotopic (exact) mass is 477 g/mol. The van der Waals surface area contributed by atoms with Crippen LogP contribution in [0.4, 0.5) is 5.69 Å². The number of carboxylic acids is 1. The Morgan fingerprint density at radius 2 is 1.88 bits per heavy atom. The fourth-order valence-corrected chi connectivity index (χ4v) is 3.61. The molecule has 0 aromatic heterocycles. The van der Waals surface area contributed by atoms with E-state index in [-0.39, 0.29) is 13.0 Å². The molecule has 0 bridgehead atoms. The lowest BCUT2D eigenvalue weighted by molar-refractivity contribution is -0.137.